The lowest BCUT2D eigenvalue weighted by Gasteiger charge is -2.03. The SMILES string of the molecule is CCCCCCCCCCOC(=O)Cc1[nH]cc[n+]1C.[Br-]. The van der Waals surface area contributed by atoms with Crippen molar-refractivity contribution in [3.8, 4) is 0 Å². The quantitative estimate of drug-likeness (QED) is 0.345. The largest absolute Gasteiger partial charge is 1.00 e. The van der Waals surface area contributed by atoms with E-state index in [4.69, 9.17) is 4.74 Å². The van der Waals surface area contributed by atoms with Crippen LogP contribution in [-0.2, 0) is 23.0 Å². The second-order valence-electron chi connectivity index (χ2n) is 5.39. The van der Waals surface area contributed by atoms with Gasteiger partial charge in [0.1, 0.15) is 18.8 Å². The summed E-state index contributed by atoms with van der Waals surface area (Å²) < 4.78 is 7.14. The smallest absolute Gasteiger partial charge is 0.318 e. The molecule has 1 aromatic rings. The number of H-pyrrole nitrogens is 1. The van der Waals surface area contributed by atoms with Gasteiger partial charge >= 0.3 is 5.97 Å². The fourth-order valence-corrected chi connectivity index (χ4v) is 2.22. The first-order valence-corrected chi connectivity index (χ1v) is 7.91. The Morgan fingerprint density at radius 2 is 1.76 bits per heavy atom. The van der Waals surface area contributed by atoms with Gasteiger partial charge in [-0.15, -0.1) is 0 Å². The normalized spacial score (nSPS) is 10.2. The Bertz CT molecular complexity index is 380. The van der Waals surface area contributed by atoms with E-state index in [0.717, 1.165) is 18.7 Å². The number of rotatable bonds is 11. The average molecular weight is 361 g/mol. The van der Waals surface area contributed by atoms with Gasteiger partial charge in [-0.05, 0) is 6.42 Å². The zero-order chi connectivity index (χ0) is 14.6. The summed E-state index contributed by atoms with van der Waals surface area (Å²) in [6, 6.07) is 0. The molecule has 1 rings (SSSR count). The van der Waals surface area contributed by atoms with Gasteiger partial charge < -0.3 is 21.7 Å². The molecule has 1 N–H and O–H groups in total. The van der Waals surface area contributed by atoms with Crippen molar-refractivity contribution >= 4 is 5.97 Å². The van der Waals surface area contributed by atoms with Crippen molar-refractivity contribution in [1.82, 2.24) is 4.98 Å². The predicted octanol–water partition coefficient (Wildman–Crippen LogP) is 0.0696. The second kappa shape index (κ2) is 12.9. The van der Waals surface area contributed by atoms with E-state index >= 15 is 0 Å². The number of carbonyl (C=O) groups excluding carboxylic acids is 1. The number of carbonyl (C=O) groups is 1. The Morgan fingerprint density at radius 3 is 2.33 bits per heavy atom. The Hall–Kier alpha value is -0.840. The summed E-state index contributed by atoms with van der Waals surface area (Å²) in [7, 11) is 1.91. The molecular weight excluding hydrogens is 332 g/mol. The van der Waals surface area contributed by atoms with Gasteiger partial charge in [-0.1, -0.05) is 51.9 Å². The lowest BCUT2D eigenvalue weighted by atomic mass is 10.1. The molecule has 0 amide bonds. The van der Waals surface area contributed by atoms with Gasteiger partial charge in [0.15, 0.2) is 0 Å². The number of nitrogens with zero attached hydrogens (tertiary/aromatic N) is 1. The summed E-state index contributed by atoms with van der Waals surface area (Å²) in [5.41, 5.74) is 0. The first-order chi connectivity index (χ1) is 9.74. The van der Waals surface area contributed by atoms with Crippen LogP contribution in [0, 0.1) is 0 Å². The molecule has 4 nitrogen and oxygen atoms in total. The van der Waals surface area contributed by atoms with Crippen LogP contribution >= 0.6 is 0 Å². The van der Waals surface area contributed by atoms with E-state index in [1.807, 2.05) is 24.0 Å². The fourth-order valence-electron chi connectivity index (χ4n) is 2.22. The number of aromatic nitrogens is 2. The third kappa shape index (κ3) is 9.67. The van der Waals surface area contributed by atoms with Crippen LogP contribution in [-0.4, -0.2) is 17.6 Å². The van der Waals surface area contributed by atoms with Crippen molar-refractivity contribution in [3.05, 3.63) is 18.2 Å². The number of hydrogen-bond acceptors (Lipinski definition) is 2. The Kier molecular flexibility index (Phi) is 12.4. The van der Waals surface area contributed by atoms with Crippen molar-refractivity contribution < 1.29 is 31.1 Å². The van der Waals surface area contributed by atoms with Crippen molar-refractivity contribution in [2.45, 2.75) is 64.7 Å². The second-order valence-corrected chi connectivity index (χ2v) is 5.39. The van der Waals surface area contributed by atoms with Crippen LogP contribution in [0.4, 0.5) is 0 Å². The van der Waals surface area contributed by atoms with Crippen molar-refractivity contribution in [2.24, 2.45) is 7.05 Å². The van der Waals surface area contributed by atoms with Crippen LogP contribution < -0.4 is 21.5 Å². The highest BCUT2D eigenvalue weighted by atomic mass is 79.9. The number of hydrogen-bond donors (Lipinski definition) is 1. The molecule has 0 bridgehead atoms. The summed E-state index contributed by atoms with van der Waals surface area (Å²) in [5, 5.41) is 0. The van der Waals surface area contributed by atoms with Gasteiger partial charge in [-0.2, -0.15) is 0 Å². The van der Waals surface area contributed by atoms with Crippen LogP contribution in [0.25, 0.3) is 0 Å². The highest BCUT2D eigenvalue weighted by molar-refractivity contribution is 5.71. The first kappa shape index (κ1) is 20.2. The van der Waals surface area contributed by atoms with Crippen LogP contribution in [0.3, 0.4) is 0 Å². The van der Waals surface area contributed by atoms with E-state index in [2.05, 4.69) is 11.9 Å². The van der Waals surface area contributed by atoms with E-state index in [-0.39, 0.29) is 23.0 Å². The maximum atomic E-state index is 11.6. The molecule has 0 radical (unpaired) electrons. The molecule has 0 atom stereocenters. The molecule has 5 heteroatoms. The molecule has 0 fully saturated rings. The number of imidazole rings is 1. The molecule has 0 spiro atoms. The molecule has 0 aliphatic carbocycles. The summed E-state index contributed by atoms with van der Waals surface area (Å²) in [6.45, 7) is 2.79. The monoisotopic (exact) mass is 360 g/mol. The van der Waals surface area contributed by atoms with Gasteiger partial charge in [0.25, 0.3) is 5.82 Å². The number of unbranched alkanes of at least 4 members (excludes halogenated alkanes) is 7. The number of halogens is 1. The fraction of sp³-hybridized carbons (Fsp3) is 0.750. The van der Waals surface area contributed by atoms with Crippen molar-refractivity contribution in [3.63, 3.8) is 0 Å². The van der Waals surface area contributed by atoms with Gasteiger partial charge in [0, 0.05) is 0 Å². The molecule has 0 aliphatic rings. The van der Waals surface area contributed by atoms with E-state index in [1.54, 1.807) is 0 Å². The van der Waals surface area contributed by atoms with Crippen LogP contribution in [0.15, 0.2) is 12.4 Å². The Labute approximate surface area is 139 Å². The topological polar surface area (TPSA) is 46.0 Å². The van der Waals surface area contributed by atoms with E-state index in [0.29, 0.717) is 13.0 Å². The van der Waals surface area contributed by atoms with Crippen LogP contribution in [0.1, 0.15) is 64.1 Å². The van der Waals surface area contributed by atoms with Gasteiger partial charge in [0.2, 0.25) is 0 Å². The molecule has 0 aliphatic heterocycles. The van der Waals surface area contributed by atoms with E-state index in [1.165, 1.54) is 38.5 Å². The predicted molar refractivity (Wildman–Crippen MR) is 79.2 cm³/mol. The minimum absolute atomic E-state index is 0. The minimum Gasteiger partial charge on any atom is -1.00 e. The first-order valence-electron chi connectivity index (χ1n) is 7.91. The van der Waals surface area contributed by atoms with Crippen LogP contribution in [0.2, 0.25) is 0 Å². The van der Waals surface area contributed by atoms with E-state index in [9.17, 15) is 4.79 Å². The Balaban J connectivity index is 0.00000400. The number of aryl methyl sites for hydroxylation is 1. The minimum atomic E-state index is -0.147. The van der Waals surface area contributed by atoms with Gasteiger partial charge in [-0.25, -0.2) is 9.55 Å². The molecule has 0 aromatic carbocycles. The van der Waals surface area contributed by atoms with Gasteiger partial charge in [-0.3, -0.25) is 4.79 Å². The van der Waals surface area contributed by atoms with Crippen LogP contribution in [0.5, 0.6) is 0 Å². The molecule has 0 unspecified atom stereocenters. The molecule has 21 heavy (non-hydrogen) atoms. The van der Waals surface area contributed by atoms with Crippen molar-refractivity contribution in [2.75, 3.05) is 6.61 Å². The maximum absolute atomic E-state index is 11.6. The highest BCUT2D eigenvalue weighted by Crippen LogP contribution is 2.08. The molecule has 1 heterocycles. The average Bonchev–Trinajstić information content (AvgIpc) is 2.82. The molecule has 0 saturated carbocycles. The standard InChI is InChI=1S/C16H28N2O2.BrH/c1-3-4-5-6-7-8-9-10-13-20-16(19)14-15-17-11-12-18(15)2;/h11-12H,3-10,13-14H2,1-2H3;1H. The summed E-state index contributed by atoms with van der Waals surface area (Å²) in [5.74, 6) is 0.733. The highest BCUT2D eigenvalue weighted by Gasteiger charge is 2.13. The molecule has 1 aromatic heterocycles. The van der Waals surface area contributed by atoms with Gasteiger partial charge in [0.05, 0.1) is 13.7 Å². The number of aromatic amines is 1. The summed E-state index contributed by atoms with van der Waals surface area (Å²) in [6.07, 6.45) is 14.1. The third-order valence-electron chi connectivity index (χ3n) is 3.55. The lowest BCUT2D eigenvalue weighted by molar-refractivity contribution is -0.677. The number of esters is 1. The van der Waals surface area contributed by atoms with Crippen molar-refractivity contribution in [1.29, 1.82) is 0 Å². The Morgan fingerprint density at radius 1 is 1.14 bits per heavy atom. The van der Waals surface area contributed by atoms with E-state index < -0.39 is 0 Å². The number of nitrogens with one attached hydrogen (secondary N) is 1. The maximum Gasteiger partial charge on any atom is 0.318 e. The lowest BCUT2D eigenvalue weighted by Crippen LogP contribution is -3.00. The molecular formula is C16H29BrN2O2. The molecule has 122 valence electrons. The zero-order valence-corrected chi connectivity index (χ0v) is 15.0. The number of ether oxygens (including phenoxy) is 1. The molecule has 0 saturated heterocycles. The third-order valence-corrected chi connectivity index (χ3v) is 3.55. The summed E-state index contributed by atoms with van der Waals surface area (Å²) >= 11 is 0. The summed E-state index contributed by atoms with van der Waals surface area (Å²) in [4.78, 5) is 14.6. The zero-order valence-electron chi connectivity index (χ0n) is 13.4.